The first kappa shape index (κ1) is 14.8. The van der Waals surface area contributed by atoms with Crippen molar-refractivity contribution in [1.82, 2.24) is 10.2 Å². The Labute approximate surface area is 102 Å². The van der Waals surface area contributed by atoms with E-state index in [1.807, 2.05) is 16.6 Å². The van der Waals surface area contributed by atoms with Crippen LogP contribution in [0.2, 0.25) is 0 Å². The normalized spacial score (nSPS) is 26.5. The lowest BCUT2D eigenvalue weighted by atomic mass is 10.1. The maximum atomic E-state index is 11.7. The van der Waals surface area contributed by atoms with Crippen molar-refractivity contribution in [2.45, 2.75) is 25.9 Å². The Morgan fingerprint density at radius 2 is 2.20 bits per heavy atom. The molecule has 1 amide bonds. The summed E-state index contributed by atoms with van der Waals surface area (Å²) in [6.45, 7) is 5.90. The third-order valence-electron chi connectivity index (χ3n) is 2.66. The second-order valence-electron chi connectivity index (χ2n) is 3.55. The SMILES string of the molecule is CS/C=C/C(=O)N1CCNC(C)C1C.Cl. The number of nitrogens with zero attached hydrogens (tertiary/aromatic N) is 1. The van der Waals surface area contributed by atoms with Crippen molar-refractivity contribution < 1.29 is 4.79 Å². The van der Waals surface area contributed by atoms with Crippen LogP contribution in [0.3, 0.4) is 0 Å². The molecule has 1 N–H and O–H groups in total. The number of carbonyl (C=O) groups is 1. The molecule has 0 aliphatic carbocycles. The molecule has 1 fully saturated rings. The Hall–Kier alpha value is -0.190. The van der Waals surface area contributed by atoms with Crippen molar-refractivity contribution in [2.24, 2.45) is 0 Å². The van der Waals surface area contributed by atoms with E-state index in [9.17, 15) is 4.79 Å². The zero-order valence-corrected chi connectivity index (χ0v) is 11.0. The summed E-state index contributed by atoms with van der Waals surface area (Å²) in [5.41, 5.74) is 0. The lowest BCUT2D eigenvalue weighted by molar-refractivity contribution is -0.129. The van der Waals surface area contributed by atoms with Gasteiger partial charge in [0, 0.05) is 31.2 Å². The van der Waals surface area contributed by atoms with Crippen molar-refractivity contribution in [3.63, 3.8) is 0 Å². The molecule has 0 spiro atoms. The van der Waals surface area contributed by atoms with Crippen LogP contribution in [0, 0.1) is 0 Å². The molecule has 0 aromatic carbocycles. The van der Waals surface area contributed by atoms with Crippen LogP contribution in [0.25, 0.3) is 0 Å². The van der Waals surface area contributed by atoms with Crippen LogP contribution >= 0.6 is 24.2 Å². The maximum absolute atomic E-state index is 11.7. The molecule has 88 valence electrons. The lowest BCUT2D eigenvalue weighted by Crippen LogP contribution is -2.56. The number of amides is 1. The van der Waals surface area contributed by atoms with E-state index >= 15 is 0 Å². The minimum absolute atomic E-state index is 0. The van der Waals surface area contributed by atoms with Gasteiger partial charge in [0.25, 0.3) is 0 Å². The summed E-state index contributed by atoms with van der Waals surface area (Å²) in [7, 11) is 0. The number of halogens is 1. The van der Waals surface area contributed by atoms with Crippen LogP contribution < -0.4 is 5.32 Å². The minimum Gasteiger partial charge on any atom is -0.334 e. The number of hydrogen-bond acceptors (Lipinski definition) is 3. The number of hydrogen-bond donors (Lipinski definition) is 1. The van der Waals surface area contributed by atoms with E-state index in [1.165, 1.54) is 0 Å². The smallest absolute Gasteiger partial charge is 0.247 e. The van der Waals surface area contributed by atoms with E-state index < -0.39 is 0 Å². The van der Waals surface area contributed by atoms with Crippen molar-refractivity contribution in [2.75, 3.05) is 19.3 Å². The zero-order chi connectivity index (χ0) is 10.6. The number of nitrogens with one attached hydrogen (secondary N) is 1. The van der Waals surface area contributed by atoms with Crippen molar-refractivity contribution in [3.05, 3.63) is 11.5 Å². The summed E-state index contributed by atoms with van der Waals surface area (Å²) in [6.07, 6.45) is 3.60. The highest BCUT2D eigenvalue weighted by Gasteiger charge is 2.26. The van der Waals surface area contributed by atoms with Gasteiger partial charge in [0.1, 0.15) is 0 Å². The highest BCUT2D eigenvalue weighted by Crippen LogP contribution is 2.10. The highest BCUT2D eigenvalue weighted by molar-refractivity contribution is 8.01. The van der Waals surface area contributed by atoms with Crippen LogP contribution in [-0.2, 0) is 4.79 Å². The van der Waals surface area contributed by atoms with E-state index in [0.717, 1.165) is 13.1 Å². The fourth-order valence-corrected chi connectivity index (χ4v) is 1.84. The van der Waals surface area contributed by atoms with Crippen molar-refractivity contribution in [1.29, 1.82) is 0 Å². The Balaban J connectivity index is 0.00000196. The standard InChI is InChI=1S/C10H18N2OS.ClH/c1-8-9(2)12(6-5-11-8)10(13)4-7-14-3;/h4,7-9,11H,5-6H2,1-3H3;1H/b7-4+;. The van der Waals surface area contributed by atoms with Gasteiger partial charge in [-0.15, -0.1) is 24.2 Å². The van der Waals surface area contributed by atoms with Crippen LogP contribution in [0.4, 0.5) is 0 Å². The lowest BCUT2D eigenvalue weighted by Gasteiger charge is -2.38. The number of piperazine rings is 1. The molecule has 1 aliphatic heterocycles. The highest BCUT2D eigenvalue weighted by atomic mass is 35.5. The predicted octanol–water partition coefficient (Wildman–Crippen LogP) is 1.49. The first-order chi connectivity index (χ1) is 6.66. The average molecular weight is 251 g/mol. The molecule has 2 atom stereocenters. The largest absolute Gasteiger partial charge is 0.334 e. The zero-order valence-electron chi connectivity index (χ0n) is 9.40. The van der Waals surface area contributed by atoms with Crippen molar-refractivity contribution >= 4 is 30.1 Å². The Morgan fingerprint density at radius 3 is 2.80 bits per heavy atom. The fourth-order valence-electron chi connectivity index (χ4n) is 1.59. The molecule has 0 saturated carbocycles. The summed E-state index contributed by atoms with van der Waals surface area (Å²) in [5, 5.41) is 5.18. The molecule has 1 rings (SSSR count). The van der Waals surface area contributed by atoms with Crippen LogP contribution in [0.5, 0.6) is 0 Å². The number of thioether (sulfide) groups is 1. The van der Waals surface area contributed by atoms with Gasteiger partial charge in [0.15, 0.2) is 0 Å². The monoisotopic (exact) mass is 250 g/mol. The number of rotatable bonds is 2. The molecule has 5 heteroatoms. The van der Waals surface area contributed by atoms with Gasteiger partial charge in [-0.2, -0.15) is 0 Å². The topological polar surface area (TPSA) is 32.3 Å². The van der Waals surface area contributed by atoms with Gasteiger partial charge < -0.3 is 10.2 Å². The van der Waals surface area contributed by atoms with E-state index in [4.69, 9.17) is 0 Å². The molecule has 0 aromatic rings. The van der Waals surface area contributed by atoms with Gasteiger partial charge in [-0.1, -0.05) is 0 Å². The second kappa shape index (κ2) is 7.14. The maximum Gasteiger partial charge on any atom is 0.247 e. The molecule has 0 bridgehead atoms. The van der Waals surface area contributed by atoms with Gasteiger partial charge >= 0.3 is 0 Å². The quantitative estimate of drug-likeness (QED) is 0.754. The molecule has 15 heavy (non-hydrogen) atoms. The third-order valence-corrected chi connectivity index (χ3v) is 3.07. The molecule has 3 nitrogen and oxygen atoms in total. The Kier molecular flexibility index (Phi) is 7.05. The summed E-state index contributed by atoms with van der Waals surface area (Å²) >= 11 is 1.55. The molecular weight excluding hydrogens is 232 g/mol. The van der Waals surface area contributed by atoms with E-state index in [0.29, 0.717) is 6.04 Å². The average Bonchev–Trinajstić information content (AvgIpc) is 2.18. The van der Waals surface area contributed by atoms with Gasteiger partial charge in [-0.3, -0.25) is 4.79 Å². The Morgan fingerprint density at radius 1 is 1.53 bits per heavy atom. The van der Waals surface area contributed by atoms with Crippen LogP contribution in [0.15, 0.2) is 11.5 Å². The van der Waals surface area contributed by atoms with Gasteiger partial charge in [-0.25, -0.2) is 0 Å². The van der Waals surface area contributed by atoms with Gasteiger partial charge in [0.05, 0.1) is 0 Å². The predicted molar refractivity (Wildman–Crippen MR) is 68.5 cm³/mol. The first-order valence-electron chi connectivity index (χ1n) is 4.90. The van der Waals surface area contributed by atoms with Crippen LogP contribution in [0.1, 0.15) is 13.8 Å². The van der Waals surface area contributed by atoms with E-state index in [1.54, 1.807) is 17.8 Å². The summed E-state index contributed by atoms with van der Waals surface area (Å²) < 4.78 is 0. The second-order valence-corrected chi connectivity index (χ2v) is 4.30. The van der Waals surface area contributed by atoms with Crippen molar-refractivity contribution in [3.8, 4) is 0 Å². The van der Waals surface area contributed by atoms with Gasteiger partial charge in [-0.05, 0) is 25.5 Å². The molecular formula is C10H19ClN2OS. The molecule has 0 aromatic heterocycles. The summed E-state index contributed by atoms with van der Waals surface area (Å²) in [6, 6.07) is 0.665. The fraction of sp³-hybridized carbons (Fsp3) is 0.700. The summed E-state index contributed by atoms with van der Waals surface area (Å²) in [4.78, 5) is 13.6. The van der Waals surface area contributed by atoms with Crippen LogP contribution in [-0.4, -0.2) is 42.2 Å². The van der Waals surface area contributed by atoms with E-state index in [2.05, 4.69) is 19.2 Å². The number of carbonyl (C=O) groups excluding carboxylic acids is 1. The van der Waals surface area contributed by atoms with Gasteiger partial charge in [0.2, 0.25) is 5.91 Å². The minimum atomic E-state index is 0. The summed E-state index contributed by atoms with van der Waals surface area (Å²) in [5.74, 6) is 0.125. The Bertz CT molecular complexity index is 235. The third kappa shape index (κ3) is 4.05. The van der Waals surface area contributed by atoms with E-state index in [-0.39, 0.29) is 24.4 Å². The molecule has 1 saturated heterocycles. The molecule has 1 heterocycles. The molecule has 0 radical (unpaired) electrons. The molecule has 1 aliphatic rings. The first-order valence-corrected chi connectivity index (χ1v) is 6.19. The molecule has 2 unspecified atom stereocenters.